The maximum absolute atomic E-state index is 8.97. The molecule has 0 spiro atoms. The van der Waals surface area contributed by atoms with Crippen molar-refractivity contribution < 1.29 is 5.11 Å². The Labute approximate surface area is 104 Å². The molecule has 0 radical (unpaired) electrons. The largest absolute Gasteiger partial charge is 0.390 e. The first kappa shape index (κ1) is 10.7. The van der Waals surface area contributed by atoms with E-state index >= 15 is 0 Å². The number of pyridine rings is 1. The molecule has 3 rings (SSSR count). The van der Waals surface area contributed by atoms with Crippen molar-refractivity contribution in [3.63, 3.8) is 0 Å². The Bertz CT molecular complexity index is 493. The topological polar surface area (TPSA) is 49.2 Å². The fourth-order valence-electron chi connectivity index (χ4n) is 1.98. The lowest BCUT2D eigenvalue weighted by Gasteiger charge is -2.39. The van der Waals surface area contributed by atoms with Crippen molar-refractivity contribution in [2.75, 3.05) is 18.0 Å². The van der Waals surface area contributed by atoms with Crippen molar-refractivity contribution in [1.29, 1.82) is 0 Å². The van der Waals surface area contributed by atoms with E-state index in [1.165, 1.54) is 5.56 Å². The Morgan fingerprint density at radius 3 is 3.00 bits per heavy atom. The summed E-state index contributed by atoms with van der Waals surface area (Å²) in [5.74, 6) is 0.560. The van der Waals surface area contributed by atoms with E-state index in [1.54, 1.807) is 17.5 Å². The molecule has 0 unspecified atom stereocenters. The molecule has 2 aromatic heterocycles. The van der Waals surface area contributed by atoms with Gasteiger partial charge in [-0.25, -0.2) is 4.98 Å². The summed E-state index contributed by atoms with van der Waals surface area (Å²) in [6.07, 6.45) is 3.73. The highest BCUT2D eigenvalue weighted by atomic mass is 32.1. The van der Waals surface area contributed by atoms with Crippen LogP contribution < -0.4 is 4.90 Å². The second-order valence-corrected chi connectivity index (χ2v) is 5.00. The quantitative estimate of drug-likeness (QED) is 0.895. The third-order valence-electron chi connectivity index (χ3n) is 3.01. The third kappa shape index (κ3) is 2.03. The molecule has 0 aliphatic carbocycles. The van der Waals surface area contributed by atoms with Crippen LogP contribution in [-0.2, 0) is 6.61 Å². The molecule has 1 aliphatic heterocycles. The molecule has 0 atom stereocenters. The molecule has 1 aliphatic rings. The van der Waals surface area contributed by atoms with E-state index < -0.39 is 0 Å². The van der Waals surface area contributed by atoms with Gasteiger partial charge in [0.25, 0.3) is 0 Å². The van der Waals surface area contributed by atoms with Gasteiger partial charge >= 0.3 is 0 Å². The zero-order valence-electron chi connectivity index (χ0n) is 9.28. The maximum atomic E-state index is 8.97. The number of thiazole rings is 1. The van der Waals surface area contributed by atoms with Gasteiger partial charge in [-0.2, -0.15) is 0 Å². The molecule has 4 nitrogen and oxygen atoms in total. The summed E-state index contributed by atoms with van der Waals surface area (Å²) in [5, 5.41) is 11.9. The van der Waals surface area contributed by atoms with Gasteiger partial charge in [0, 0.05) is 36.8 Å². The Balaban J connectivity index is 1.65. The van der Waals surface area contributed by atoms with Crippen LogP contribution in [0.4, 0.5) is 5.13 Å². The van der Waals surface area contributed by atoms with Crippen molar-refractivity contribution in [3.05, 3.63) is 41.2 Å². The van der Waals surface area contributed by atoms with Gasteiger partial charge < -0.3 is 10.0 Å². The van der Waals surface area contributed by atoms with E-state index in [4.69, 9.17) is 5.11 Å². The standard InChI is InChI=1S/C12H13N3OS/c16-7-11-8-17-12(14-11)15-5-10(6-15)9-2-1-3-13-4-9/h1-4,8,10,16H,5-7H2. The minimum absolute atomic E-state index is 0.0242. The summed E-state index contributed by atoms with van der Waals surface area (Å²) in [5.41, 5.74) is 2.05. The predicted molar refractivity (Wildman–Crippen MR) is 67.2 cm³/mol. The minimum atomic E-state index is 0.0242. The van der Waals surface area contributed by atoms with Gasteiger partial charge in [-0.05, 0) is 11.6 Å². The molecular weight excluding hydrogens is 234 g/mol. The van der Waals surface area contributed by atoms with Crippen LogP contribution in [0.25, 0.3) is 0 Å². The van der Waals surface area contributed by atoms with Crippen LogP contribution >= 0.6 is 11.3 Å². The Hall–Kier alpha value is -1.46. The fourth-order valence-corrected chi connectivity index (χ4v) is 2.81. The average Bonchev–Trinajstić information content (AvgIpc) is 2.77. The van der Waals surface area contributed by atoms with Gasteiger partial charge in [0.05, 0.1) is 12.3 Å². The number of hydrogen-bond acceptors (Lipinski definition) is 5. The number of aliphatic hydroxyl groups excluding tert-OH is 1. The highest BCUT2D eigenvalue weighted by molar-refractivity contribution is 7.13. The lowest BCUT2D eigenvalue weighted by molar-refractivity contribution is 0.277. The van der Waals surface area contributed by atoms with Crippen LogP contribution in [-0.4, -0.2) is 28.2 Å². The molecule has 0 bridgehead atoms. The van der Waals surface area contributed by atoms with E-state index in [0.717, 1.165) is 23.9 Å². The van der Waals surface area contributed by atoms with Crippen LogP contribution in [0.1, 0.15) is 17.2 Å². The molecule has 1 N–H and O–H groups in total. The van der Waals surface area contributed by atoms with Crippen LogP contribution in [0.3, 0.4) is 0 Å². The van der Waals surface area contributed by atoms with Crippen molar-refractivity contribution in [2.45, 2.75) is 12.5 Å². The molecular formula is C12H13N3OS. The van der Waals surface area contributed by atoms with E-state index in [2.05, 4.69) is 20.9 Å². The monoisotopic (exact) mass is 247 g/mol. The third-order valence-corrected chi connectivity index (χ3v) is 3.96. The number of aromatic nitrogens is 2. The van der Waals surface area contributed by atoms with Crippen molar-refractivity contribution >= 4 is 16.5 Å². The summed E-state index contributed by atoms with van der Waals surface area (Å²) < 4.78 is 0. The van der Waals surface area contributed by atoms with Gasteiger partial charge in [-0.3, -0.25) is 4.98 Å². The molecule has 88 valence electrons. The summed E-state index contributed by atoms with van der Waals surface area (Å²) in [6, 6.07) is 4.10. The fraction of sp³-hybridized carbons (Fsp3) is 0.333. The van der Waals surface area contributed by atoms with Gasteiger partial charge in [-0.1, -0.05) is 6.07 Å². The second kappa shape index (κ2) is 4.43. The number of rotatable bonds is 3. The molecule has 17 heavy (non-hydrogen) atoms. The van der Waals surface area contributed by atoms with E-state index in [-0.39, 0.29) is 6.61 Å². The summed E-state index contributed by atoms with van der Waals surface area (Å²) in [6.45, 7) is 2.00. The van der Waals surface area contributed by atoms with E-state index in [0.29, 0.717) is 5.92 Å². The van der Waals surface area contributed by atoms with Crippen LogP contribution in [0.5, 0.6) is 0 Å². The smallest absolute Gasteiger partial charge is 0.185 e. The second-order valence-electron chi connectivity index (χ2n) is 4.17. The van der Waals surface area contributed by atoms with Crippen LogP contribution in [0, 0.1) is 0 Å². The SMILES string of the molecule is OCc1csc(N2CC(c3cccnc3)C2)n1. The first-order valence-corrected chi connectivity index (χ1v) is 6.45. The van der Waals surface area contributed by atoms with Crippen LogP contribution in [0.15, 0.2) is 29.9 Å². The molecule has 1 saturated heterocycles. The van der Waals surface area contributed by atoms with Gasteiger partial charge in [0.2, 0.25) is 0 Å². The molecule has 3 heterocycles. The molecule has 0 aromatic carbocycles. The first-order valence-electron chi connectivity index (χ1n) is 5.57. The average molecular weight is 247 g/mol. The Morgan fingerprint density at radius 1 is 1.47 bits per heavy atom. The molecule has 1 fully saturated rings. The Morgan fingerprint density at radius 2 is 2.35 bits per heavy atom. The molecule has 5 heteroatoms. The number of nitrogens with zero attached hydrogens (tertiary/aromatic N) is 3. The summed E-state index contributed by atoms with van der Waals surface area (Å²) in [7, 11) is 0. The number of hydrogen-bond donors (Lipinski definition) is 1. The number of aliphatic hydroxyl groups is 1. The molecule has 2 aromatic rings. The lowest BCUT2D eigenvalue weighted by atomic mass is 9.93. The van der Waals surface area contributed by atoms with E-state index in [9.17, 15) is 0 Å². The van der Waals surface area contributed by atoms with Crippen molar-refractivity contribution in [1.82, 2.24) is 9.97 Å². The van der Waals surface area contributed by atoms with Crippen molar-refractivity contribution in [3.8, 4) is 0 Å². The zero-order valence-corrected chi connectivity index (χ0v) is 10.1. The Kier molecular flexibility index (Phi) is 2.78. The minimum Gasteiger partial charge on any atom is -0.390 e. The lowest BCUT2D eigenvalue weighted by Crippen LogP contribution is -2.45. The summed E-state index contributed by atoms with van der Waals surface area (Å²) >= 11 is 1.59. The molecule has 0 saturated carbocycles. The van der Waals surface area contributed by atoms with Crippen molar-refractivity contribution in [2.24, 2.45) is 0 Å². The highest BCUT2D eigenvalue weighted by Crippen LogP contribution is 2.32. The summed E-state index contributed by atoms with van der Waals surface area (Å²) in [4.78, 5) is 10.7. The van der Waals surface area contributed by atoms with Gasteiger partial charge in [0.15, 0.2) is 5.13 Å². The number of anilines is 1. The first-order chi connectivity index (χ1) is 8.36. The zero-order chi connectivity index (χ0) is 11.7. The highest BCUT2D eigenvalue weighted by Gasteiger charge is 2.29. The van der Waals surface area contributed by atoms with Gasteiger partial charge in [-0.15, -0.1) is 11.3 Å². The predicted octanol–water partition coefficient (Wildman–Crippen LogP) is 1.63. The van der Waals surface area contributed by atoms with Crippen LogP contribution in [0.2, 0.25) is 0 Å². The maximum Gasteiger partial charge on any atom is 0.185 e. The normalized spacial score (nSPS) is 15.9. The van der Waals surface area contributed by atoms with E-state index in [1.807, 2.05) is 17.6 Å². The van der Waals surface area contributed by atoms with Gasteiger partial charge in [0.1, 0.15) is 0 Å². The molecule has 0 amide bonds.